The Morgan fingerprint density at radius 3 is 2.92 bits per heavy atom. The first-order chi connectivity index (χ1) is 6.13. The summed E-state index contributed by atoms with van der Waals surface area (Å²) in [5.41, 5.74) is 2.40. The highest BCUT2D eigenvalue weighted by atomic mass is 16.1. The van der Waals surface area contributed by atoms with Crippen molar-refractivity contribution in [2.75, 3.05) is 0 Å². The van der Waals surface area contributed by atoms with E-state index in [0.717, 1.165) is 32.1 Å². The van der Waals surface area contributed by atoms with Gasteiger partial charge in [0.2, 0.25) is 0 Å². The van der Waals surface area contributed by atoms with Crippen LogP contribution >= 0.6 is 0 Å². The highest BCUT2D eigenvalue weighted by Crippen LogP contribution is 2.45. The lowest BCUT2D eigenvalue weighted by atomic mass is 9.65. The van der Waals surface area contributed by atoms with Gasteiger partial charge in [0.1, 0.15) is 5.78 Å². The summed E-state index contributed by atoms with van der Waals surface area (Å²) < 4.78 is 0. The molecule has 2 aliphatic rings. The lowest BCUT2D eigenvalue weighted by molar-refractivity contribution is -0.127. The summed E-state index contributed by atoms with van der Waals surface area (Å²) in [7, 11) is 0. The third-order valence-corrected chi connectivity index (χ3v) is 3.50. The van der Waals surface area contributed by atoms with Crippen molar-refractivity contribution in [2.24, 2.45) is 5.41 Å². The largest absolute Gasteiger partial charge is 0.299 e. The highest BCUT2D eigenvalue weighted by molar-refractivity contribution is 5.89. The summed E-state index contributed by atoms with van der Waals surface area (Å²) in [5, 5.41) is 0. The Labute approximate surface area is 79.5 Å². The monoisotopic (exact) mass is 176 g/mol. The molecule has 0 radical (unpaired) electrons. The Hall–Kier alpha value is -0.850. The molecular weight excluding hydrogens is 160 g/mol. The van der Waals surface area contributed by atoms with Crippen LogP contribution in [0.15, 0.2) is 23.8 Å². The maximum absolute atomic E-state index is 11.8. The molecule has 0 aromatic rings. The Morgan fingerprint density at radius 1 is 1.38 bits per heavy atom. The van der Waals surface area contributed by atoms with E-state index in [2.05, 4.69) is 19.6 Å². The van der Waals surface area contributed by atoms with Crippen LogP contribution in [0.4, 0.5) is 0 Å². The fourth-order valence-corrected chi connectivity index (χ4v) is 2.43. The fraction of sp³-hybridized carbons (Fsp3) is 0.583. The molecule has 0 aromatic heterocycles. The number of hydrogen-bond donors (Lipinski definition) is 0. The molecule has 1 fully saturated rings. The summed E-state index contributed by atoms with van der Waals surface area (Å²) in [6.07, 6.45) is 7.04. The van der Waals surface area contributed by atoms with E-state index in [0.29, 0.717) is 5.78 Å². The standard InChI is InChI=1S/C12H16O/c1-9-6-7-12(2)10(8-9)4-3-5-11(12)13/h8H,1,3-7H2,2H3. The Morgan fingerprint density at radius 2 is 2.15 bits per heavy atom. The van der Waals surface area contributed by atoms with Crippen LogP contribution in [0.2, 0.25) is 0 Å². The van der Waals surface area contributed by atoms with Gasteiger partial charge in [-0.05, 0) is 32.6 Å². The van der Waals surface area contributed by atoms with Crippen LogP contribution in [-0.2, 0) is 4.79 Å². The van der Waals surface area contributed by atoms with Crippen LogP contribution in [0.25, 0.3) is 0 Å². The SMILES string of the molecule is C=C1C=C2CCCC(=O)C2(C)CC1. The van der Waals surface area contributed by atoms with Crippen molar-refractivity contribution in [3.05, 3.63) is 23.8 Å². The molecule has 1 unspecified atom stereocenters. The van der Waals surface area contributed by atoms with Gasteiger partial charge < -0.3 is 0 Å². The lowest BCUT2D eigenvalue weighted by Gasteiger charge is -2.38. The van der Waals surface area contributed by atoms with Gasteiger partial charge in [-0.2, -0.15) is 0 Å². The van der Waals surface area contributed by atoms with Gasteiger partial charge in [0.25, 0.3) is 0 Å². The van der Waals surface area contributed by atoms with Crippen LogP contribution in [0, 0.1) is 5.41 Å². The van der Waals surface area contributed by atoms with Gasteiger partial charge in [-0.15, -0.1) is 0 Å². The molecule has 13 heavy (non-hydrogen) atoms. The minimum absolute atomic E-state index is 0.126. The van der Waals surface area contributed by atoms with Crippen molar-refractivity contribution >= 4 is 5.78 Å². The van der Waals surface area contributed by atoms with Gasteiger partial charge in [-0.25, -0.2) is 0 Å². The molecule has 0 amide bonds. The molecule has 0 aromatic carbocycles. The van der Waals surface area contributed by atoms with Gasteiger partial charge >= 0.3 is 0 Å². The lowest BCUT2D eigenvalue weighted by Crippen LogP contribution is -2.35. The molecule has 1 heteroatoms. The molecule has 0 N–H and O–H groups in total. The van der Waals surface area contributed by atoms with E-state index in [1.807, 2.05) is 0 Å². The first-order valence-corrected chi connectivity index (χ1v) is 5.05. The topological polar surface area (TPSA) is 17.1 Å². The van der Waals surface area contributed by atoms with Gasteiger partial charge in [-0.1, -0.05) is 23.8 Å². The highest BCUT2D eigenvalue weighted by Gasteiger charge is 2.40. The van der Waals surface area contributed by atoms with Crippen molar-refractivity contribution in [3.63, 3.8) is 0 Å². The average molecular weight is 176 g/mol. The van der Waals surface area contributed by atoms with Gasteiger partial charge in [0.05, 0.1) is 0 Å². The Kier molecular flexibility index (Phi) is 1.90. The Balaban J connectivity index is 2.39. The molecule has 1 saturated carbocycles. The Bertz CT molecular complexity index is 298. The van der Waals surface area contributed by atoms with E-state index < -0.39 is 0 Å². The molecule has 0 saturated heterocycles. The van der Waals surface area contributed by atoms with Crippen LogP contribution in [0.5, 0.6) is 0 Å². The zero-order valence-corrected chi connectivity index (χ0v) is 8.23. The number of hydrogen-bond acceptors (Lipinski definition) is 1. The van der Waals surface area contributed by atoms with Crippen LogP contribution in [-0.4, -0.2) is 5.78 Å². The van der Waals surface area contributed by atoms with E-state index in [4.69, 9.17) is 0 Å². The second kappa shape index (κ2) is 2.83. The summed E-state index contributed by atoms with van der Waals surface area (Å²) in [6, 6.07) is 0. The van der Waals surface area contributed by atoms with Crippen LogP contribution in [0.1, 0.15) is 39.0 Å². The van der Waals surface area contributed by atoms with Crippen molar-refractivity contribution < 1.29 is 4.79 Å². The molecular formula is C12H16O. The van der Waals surface area contributed by atoms with E-state index >= 15 is 0 Å². The van der Waals surface area contributed by atoms with Crippen molar-refractivity contribution in [2.45, 2.75) is 39.0 Å². The quantitative estimate of drug-likeness (QED) is 0.554. The van der Waals surface area contributed by atoms with Crippen molar-refractivity contribution in [1.82, 2.24) is 0 Å². The molecule has 1 atom stereocenters. The number of rotatable bonds is 0. The summed E-state index contributed by atoms with van der Waals surface area (Å²) in [5.74, 6) is 0.442. The van der Waals surface area contributed by atoms with E-state index in [1.54, 1.807) is 0 Å². The number of allylic oxidation sites excluding steroid dienone is 3. The zero-order chi connectivity index (χ0) is 9.47. The summed E-state index contributed by atoms with van der Waals surface area (Å²) >= 11 is 0. The maximum atomic E-state index is 11.8. The minimum Gasteiger partial charge on any atom is -0.299 e. The maximum Gasteiger partial charge on any atom is 0.142 e. The molecule has 0 bridgehead atoms. The summed E-state index contributed by atoms with van der Waals surface area (Å²) in [6.45, 7) is 6.08. The number of Topliss-reactive ketones (excluding diaryl/α,β-unsaturated/α-hetero) is 1. The molecule has 0 aliphatic heterocycles. The molecule has 0 spiro atoms. The van der Waals surface area contributed by atoms with Crippen LogP contribution in [0.3, 0.4) is 0 Å². The van der Waals surface area contributed by atoms with Crippen molar-refractivity contribution in [3.8, 4) is 0 Å². The van der Waals surface area contributed by atoms with E-state index in [1.165, 1.54) is 11.1 Å². The molecule has 70 valence electrons. The molecule has 1 nitrogen and oxygen atoms in total. The first kappa shape index (κ1) is 8.74. The molecule has 0 heterocycles. The second-order valence-electron chi connectivity index (χ2n) is 4.44. The second-order valence-corrected chi connectivity index (χ2v) is 4.44. The normalized spacial score (nSPS) is 34.1. The van der Waals surface area contributed by atoms with Crippen molar-refractivity contribution in [1.29, 1.82) is 0 Å². The third kappa shape index (κ3) is 1.27. The summed E-state index contributed by atoms with van der Waals surface area (Å²) in [4.78, 5) is 11.8. The van der Waals surface area contributed by atoms with Gasteiger partial charge in [0.15, 0.2) is 0 Å². The first-order valence-electron chi connectivity index (χ1n) is 5.05. The molecule has 2 aliphatic carbocycles. The van der Waals surface area contributed by atoms with E-state index in [9.17, 15) is 4.79 Å². The van der Waals surface area contributed by atoms with E-state index in [-0.39, 0.29) is 5.41 Å². The number of carbonyl (C=O) groups is 1. The smallest absolute Gasteiger partial charge is 0.142 e. The minimum atomic E-state index is -0.126. The predicted octanol–water partition coefficient (Wildman–Crippen LogP) is 3.02. The number of ketones is 1. The van der Waals surface area contributed by atoms with Gasteiger partial charge in [-0.3, -0.25) is 4.79 Å². The predicted molar refractivity (Wildman–Crippen MR) is 53.4 cm³/mol. The number of carbonyl (C=O) groups excluding carboxylic acids is 1. The average Bonchev–Trinajstić information content (AvgIpc) is 2.09. The third-order valence-electron chi connectivity index (χ3n) is 3.50. The zero-order valence-electron chi connectivity index (χ0n) is 8.23. The van der Waals surface area contributed by atoms with Crippen LogP contribution < -0.4 is 0 Å². The van der Waals surface area contributed by atoms with Gasteiger partial charge in [0, 0.05) is 11.8 Å². The fourth-order valence-electron chi connectivity index (χ4n) is 2.43. The number of fused-ring (bicyclic) bond motifs is 1. The molecule has 2 rings (SSSR count).